The van der Waals surface area contributed by atoms with Crippen LogP contribution in [0.1, 0.15) is 26.3 Å². The Bertz CT molecular complexity index is 1210. The smallest absolute Gasteiger partial charge is 0.257 e. The molecule has 3 aromatic carbocycles. The van der Waals surface area contributed by atoms with Gasteiger partial charge in [0.25, 0.3) is 11.8 Å². The third-order valence-corrected chi connectivity index (χ3v) is 6.31. The lowest BCUT2D eigenvalue weighted by Gasteiger charge is -2.23. The molecule has 3 aromatic rings. The molecule has 2 amide bonds. The van der Waals surface area contributed by atoms with Crippen LogP contribution in [0.15, 0.2) is 77.3 Å². The molecule has 0 bridgehead atoms. The normalized spacial score (nSPS) is 10.4. The van der Waals surface area contributed by atoms with Crippen LogP contribution in [0.4, 0.5) is 5.69 Å². The maximum Gasteiger partial charge on any atom is 0.257 e. The number of carbonyl (C=O) groups is 2. The molecule has 9 heteroatoms. The summed E-state index contributed by atoms with van der Waals surface area (Å²) in [7, 11) is 3.31. The minimum Gasteiger partial charge on any atom is -0.490 e. The van der Waals surface area contributed by atoms with Crippen molar-refractivity contribution in [2.24, 2.45) is 0 Å². The molecule has 0 aromatic heterocycles. The summed E-state index contributed by atoms with van der Waals surface area (Å²) in [5, 5.41) is 5.85. The van der Waals surface area contributed by atoms with E-state index in [1.54, 1.807) is 55.5 Å². The predicted octanol–water partition coefficient (Wildman–Crippen LogP) is 4.60. The van der Waals surface area contributed by atoms with Crippen LogP contribution < -0.4 is 20.3 Å². The third kappa shape index (κ3) is 7.61. The van der Waals surface area contributed by atoms with E-state index in [9.17, 15) is 9.59 Å². The summed E-state index contributed by atoms with van der Waals surface area (Å²) in [6, 6.07) is 22.1. The third-order valence-electron chi connectivity index (χ3n) is 5.32. The van der Waals surface area contributed by atoms with Crippen molar-refractivity contribution in [2.75, 3.05) is 38.8 Å². The van der Waals surface area contributed by atoms with E-state index in [0.717, 1.165) is 12.0 Å². The van der Waals surface area contributed by atoms with Gasteiger partial charge >= 0.3 is 0 Å². The van der Waals surface area contributed by atoms with Gasteiger partial charge < -0.3 is 19.7 Å². The van der Waals surface area contributed by atoms with Gasteiger partial charge in [0.05, 0.1) is 22.3 Å². The Labute approximate surface area is 224 Å². The number of nitrogens with zero attached hydrogens (tertiary/aromatic N) is 1. The number of benzene rings is 3. The van der Waals surface area contributed by atoms with Gasteiger partial charge in [0, 0.05) is 26.3 Å². The van der Waals surface area contributed by atoms with Crippen LogP contribution in [0.5, 0.6) is 5.75 Å². The second-order valence-electron chi connectivity index (χ2n) is 7.81. The Balaban J connectivity index is 1.62. The van der Waals surface area contributed by atoms with E-state index in [2.05, 4.69) is 26.6 Å². The molecule has 36 heavy (non-hydrogen) atoms. The summed E-state index contributed by atoms with van der Waals surface area (Å²) in [5.41, 5.74) is 2.60. The fourth-order valence-electron chi connectivity index (χ4n) is 3.38. The van der Waals surface area contributed by atoms with Gasteiger partial charge in [-0.15, -0.1) is 0 Å². The zero-order valence-corrected chi connectivity index (χ0v) is 22.5. The van der Waals surface area contributed by atoms with Gasteiger partial charge in [0.2, 0.25) is 0 Å². The summed E-state index contributed by atoms with van der Waals surface area (Å²) in [4.78, 5) is 27.3. The molecule has 188 valence electrons. The lowest BCUT2D eigenvalue weighted by molar-refractivity contribution is 0.0952. The Kier molecular flexibility index (Phi) is 10.4. The van der Waals surface area contributed by atoms with Crippen LogP contribution in [0.2, 0.25) is 0 Å². The highest BCUT2D eigenvalue weighted by Crippen LogP contribution is 2.26. The minimum absolute atomic E-state index is 0.168. The van der Waals surface area contributed by atoms with Crippen LogP contribution in [0.3, 0.4) is 0 Å². The number of nitrogens with one attached hydrogen (secondary N) is 2. The Hall–Kier alpha value is -3.27. The number of ether oxygens (including phenoxy) is 2. The second-order valence-corrected chi connectivity index (χ2v) is 9.05. The first kappa shape index (κ1) is 27.3. The van der Waals surface area contributed by atoms with E-state index in [4.69, 9.17) is 21.7 Å². The Morgan fingerprint density at radius 3 is 2.42 bits per heavy atom. The van der Waals surface area contributed by atoms with E-state index in [1.165, 1.54) is 0 Å². The molecule has 0 radical (unpaired) electrons. The summed E-state index contributed by atoms with van der Waals surface area (Å²) in [5.74, 6) is 0.0202. The molecule has 0 saturated carbocycles. The van der Waals surface area contributed by atoms with Crippen LogP contribution in [-0.2, 0) is 11.2 Å². The van der Waals surface area contributed by atoms with Crippen molar-refractivity contribution in [3.8, 4) is 5.75 Å². The molecule has 0 aliphatic carbocycles. The maximum atomic E-state index is 12.9. The van der Waals surface area contributed by atoms with Crippen LogP contribution in [-0.4, -0.2) is 50.8 Å². The Morgan fingerprint density at radius 1 is 0.972 bits per heavy atom. The molecule has 0 heterocycles. The van der Waals surface area contributed by atoms with E-state index in [0.29, 0.717) is 46.8 Å². The van der Waals surface area contributed by atoms with Gasteiger partial charge in [0.1, 0.15) is 12.4 Å². The largest absolute Gasteiger partial charge is 0.490 e. The number of halogens is 1. The topological polar surface area (TPSA) is 79.9 Å². The highest BCUT2D eigenvalue weighted by Gasteiger charge is 2.18. The number of thiocarbonyl (C=S) groups is 1. The van der Waals surface area contributed by atoms with E-state index in [1.807, 2.05) is 36.4 Å². The van der Waals surface area contributed by atoms with Crippen molar-refractivity contribution in [1.82, 2.24) is 10.6 Å². The monoisotopic (exact) mass is 569 g/mol. The van der Waals surface area contributed by atoms with Crippen LogP contribution in [0.25, 0.3) is 0 Å². The lowest BCUT2D eigenvalue weighted by atomic mass is 10.1. The molecule has 0 unspecified atom stereocenters. The molecule has 7 nitrogen and oxygen atoms in total. The molecule has 2 N–H and O–H groups in total. The number of hydrogen-bond acceptors (Lipinski definition) is 5. The maximum absolute atomic E-state index is 12.9. The number of methoxy groups -OCH3 is 1. The van der Waals surface area contributed by atoms with Gasteiger partial charge in [-0.2, -0.15) is 0 Å². The van der Waals surface area contributed by atoms with Gasteiger partial charge in [-0.05, 0) is 70.5 Å². The fraction of sp³-hybridized carbons (Fsp3) is 0.222. The number of hydrogen-bond donors (Lipinski definition) is 2. The van der Waals surface area contributed by atoms with E-state index < -0.39 is 0 Å². The molecular formula is C27H28BrN3O4S. The number of carbonyl (C=O) groups excluding carboxylic acids is 2. The molecule has 0 saturated heterocycles. The number of amides is 2. The quantitative estimate of drug-likeness (QED) is 0.274. The van der Waals surface area contributed by atoms with Crippen LogP contribution in [0, 0.1) is 0 Å². The summed E-state index contributed by atoms with van der Waals surface area (Å²) >= 11 is 8.90. The molecule has 0 atom stereocenters. The van der Waals surface area contributed by atoms with Crippen molar-refractivity contribution in [3.63, 3.8) is 0 Å². The number of rotatable bonds is 10. The summed E-state index contributed by atoms with van der Waals surface area (Å²) in [6.07, 6.45) is 0.727. The van der Waals surface area contributed by atoms with Gasteiger partial charge in [-0.3, -0.25) is 14.9 Å². The Morgan fingerprint density at radius 2 is 1.69 bits per heavy atom. The van der Waals surface area contributed by atoms with Gasteiger partial charge in [-0.25, -0.2) is 0 Å². The predicted molar refractivity (Wildman–Crippen MR) is 149 cm³/mol. The van der Waals surface area contributed by atoms with Crippen LogP contribution >= 0.6 is 28.1 Å². The van der Waals surface area contributed by atoms with Crippen molar-refractivity contribution in [1.29, 1.82) is 0 Å². The zero-order chi connectivity index (χ0) is 25.9. The summed E-state index contributed by atoms with van der Waals surface area (Å²) < 4.78 is 11.2. The molecule has 0 aliphatic heterocycles. The second kappa shape index (κ2) is 13.7. The highest BCUT2D eigenvalue weighted by molar-refractivity contribution is 9.10. The standard InChI is InChI=1S/C27H28BrN3O4S/c1-31(27(36)30-25(32)20-12-13-24(22(28)18-20)35-17-16-34-2)23-11-7-6-10-21(23)26(33)29-15-14-19-8-4-3-5-9-19/h3-13,18H,14-17H2,1-2H3,(H,29,33)(H,30,32,36). The average Bonchev–Trinajstić information content (AvgIpc) is 2.89. The van der Waals surface area contributed by atoms with Crippen molar-refractivity contribution in [2.45, 2.75) is 6.42 Å². The average molecular weight is 571 g/mol. The van der Waals surface area contributed by atoms with Crippen molar-refractivity contribution >= 4 is 50.8 Å². The van der Waals surface area contributed by atoms with E-state index >= 15 is 0 Å². The number of anilines is 1. The summed E-state index contributed by atoms with van der Waals surface area (Å²) in [6.45, 7) is 1.36. The van der Waals surface area contributed by atoms with Gasteiger partial charge in [0.15, 0.2) is 5.11 Å². The molecule has 0 fully saturated rings. The molecule has 0 spiro atoms. The first-order chi connectivity index (χ1) is 17.4. The molecule has 3 rings (SSSR count). The van der Waals surface area contributed by atoms with E-state index in [-0.39, 0.29) is 16.9 Å². The highest BCUT2D eigenvalue weighted by atomic mass is 79.9. The first-order valence-corrected chi connectivity index (χ1v) is 12.5. The SMILES string of the molecule is COCCOc1ccc(C(=O)NC(=S)N(C)c2ccccc2C(=O)NCCc2ccccc2)cc1Br. The fourth-order valence-corrected chi connectivity index (χ4v) is 4.06. The molecule has 0 aliphatic rings. The van der Waals surface area contributed by atoms with Crippen molar-refractivity contribution in [3.05, 3.63) is 94.0 Å². The minimum atomic E-state index is -0.374. The van der Waals surface area contributed by atoms with Gasteiger partial charge in [-0.1, -0.05) is 42.5 Å². The molecular weight excluding hydrogens is 542 g/mol. The zero-order valence-electron chi connectivity index (χ0n) is 20.1. The number of para-hydroxylation sites is 1. The lowest BCUT2D eigenvalue weighted by Crippen LogP contribution is -2.41. The van der Waals surface area contributed by atoms with Crippen molar-refractivity contribution < 1.29 is 19.1 Å². The first-order valence-electron chi connectivity index (χ1n) is 11.3.